The highest BCUT2D eigenvalue weighted by Crippen LogP contribution is 2.26. The van der Waals surface area contributed by atoms with Crippen molar-refractivity contribution >= 4 is 11.7 Å². The predicted molar refractivity (Wildman–Crippen MR) is 80.7 cm³/mol. The second-order valence-electron chi connectivity index (χ2n) is 5.71. The van der Waals surface area contributed by atoms with Crippen LogP contribution in [0.2, 0.25) is 0 Å². The van der Waals surface area contributed by atoms with E-state index in [1.165, 1.54) is 23.9 Å². The highest BCUT2D eigenvalue weighted by Gasteiger charge is 2.21. The monoisotopic (exact) mass is 276 g/mol. The standard InChI is InChI=1S/C16H24N2O2/c1-11(2)9-14(16(19)20-3)18-10-13-6-4-5-12-7-8-17-15(12)13/h4-6,11,14,17-18H,7-10H2,1-3H3. The molecule has 1 aliphatic heterocycles. The molecule has 2 N–H and O–H groups in total. The lowest BCUT2D eigenvalue weighted by Gasteiger charge is -2.19. The van der Waals surface area contributed by atoms with Gasteiger partial charge in [0.25, 0.3) is 0 Å². The maximum absolute atomic E-state index is 11.8. The van der Waals surface area contributed by atoms with Gasteiger partial charge in [-0.25, -0.2) is 0 Å². The molecule has 0 aliphatic carbocycles. The summed E-state index contributed by atoms with van der Waals surface area (Å²) in [4.78, 5) is 11.8. The average molecular weight is 276 g/mol. The van der Waals surface area contributed by atoms with Crippen LogP contribution >= 0.6 is 0 Å². The zero-order chi connectivity index (χ0) is 14.5. The van der Waals surface area contributed by atoms with Crippen molar-refractivity contribution in [1.82, 2.24) is 5.32 Å². The molecule has 1 unspecified atom stereocenters. The van der Waals surface area contributed by atoms with Crippen LogP contribution in [0.5, 0.6) is 0 Å². The highest BCUT2D eigenvalue weighted by atomic mass is 16.5. The molecule has 1 atom stereocenters. The molecule has 2 rings (SSSR count). The first-order chi connectivity index (χ1) is 9.61. The fraction of sp³-hybridized carbons (Fsp3) is 0.562. The lowest BCUT2D eigenvalue weighted by atomic mass is 10.0. The molecule has 0 fully saturated rings. The van der Waals surface area contributed by atoms with E-state index >= 15 is 0 Å². The molecule has 1 aromatic carbocycles. The minimum absolute atomic E-state index is 0.181. The average Bonchev–Trinajstić information content (AvgIpc) is 2.91. The van der Waals surface area contributed by atoms with Gasteiger partial charge in [0.2, 0.25) is 0 Å². The maximum Gasteiger partial charge on any atom is 0.322 e. The number of anilines is 1. The minimum Gasteiger partial charge on any atom is -0.468 e. The Morgan fingerprint density at radius 3 is 2.95 bits per heavy atom. The van der Waals surface area contributed by atoms with Crippen molar-refractivity contribution in [2.75, 3.05) is 19.0 Å². The summed E-state index contributed by atoms with van der Waals surface area (Å²) in [5.74, 6) is 0.269. The van der Waals surface area contributed by atoms with Crippen LogP contribution in [-0.2, 0) is 22.5 Å². The zero-order valence-corrected chi connectivity index (χ0v) is 12.5. The largest absolute Gasteiger partial charge is 0.468 e. The van der Waals surface area contributed by atoms with E-state index in [0.29, 0.717) is 12.5 Å². The normalized spacial score (nSPS) is 14.8. The summed E-state index contributed by atoms with van der Waals surface area (Å²) in [6.07, 6.45) is 1.87. The lowest BCUT2D eigenvalue weighted by Crippen LogP contribution is -2.38. The third kappa shape index (κ3) is 3.51. The van der Waals surface area contributed by atoms with Crippen LogP contribution < -0.4 is 10.6 Å². The van der Waals surface area contributed by atoms with Crippen LogP contribution in [0.3, 0.4) is 0 Å². The van der Waals surface area contributed by atoms with Gasteiger partial charge >= 0.3 is 5.97 Å². The van der Waals surface area contributed by atoms with E-state index in [0.717, 1.165) is 19.4 Å². The number of fused-ring (bicyclic) bond motifs is 1. The number of rotatable bonds is 6. The minimum atomic E-state index is -0.239. The van der Waals surface area contributed by atoms with Gasteiger partial charge in [0.05, 0.1) is 7.11 Å². The molecule has 4 nitrogen and oxygen atoms in total. The molecular weight excluding hydrogens is 252 g/mol. The Kier molecular flexibility index (Phi) is 5.01. The van der Waals surface area contributed by atoms with Gasteiger partial charge in [-0.2, -0.15) is 0 Å². The van der Waals surface area contributed by atoms with Crippen molar-refractivity contribution in [1.29, 1.82) is 0 Å². The molecule has 0 aromatic heterocycles. The molecule has 0 radical (unpaired) electrons. The number of carbonyl (C=O) groups is 1. The first-order valence-corrected chi connectivity index (χ1v) is 7.27. The third-order valence-corrected chi connectivity index (χ3v) is 3.66. The van der Waals surface area contributed by atoms with E-state index in [2.05, 4.69) is 42.7 Å². The van der Waals surface area contributed by atoms with E-state index in [9.17, 15) is 4.79 Å². The summed E-state index contributed by atoms with van der Waals surface area (Å²) in [6, 6.07) is 6.11. The van der Waals surface area contributed by atoms with Crippen molar-refractivity contribution in [2.24, 2.45) is 5.92 Å². The Balaban J connectivity index is 2.02. The fourth-order valence-electron chi connectivity index (χ4n) is 2.67. The first-order valence-electron chi connectivity index (χ1n) is 7.27. The topological polar surface area (TPSA) is 50.4 Å². The van der Waals surface area contributed by atoms with Gasteiger partial charge in [-0.1, -0.05) is 32.0 Å². The second-order valence-corrected chi connectivity index (χ2v) is 5.71. The molecule has 0 saturated heterocycles. The van der Waals surface area contributed by atoms with E-state index in [-0.39, 0.29) is 12.0 Å². The van der Waals surface area contributed by atoms with E-state index in [1.807, 2.05) is 0 Å². The van der Waals surface area contributed by atoms with Gasteiger partial charge in [-0.15, -0.1) is 0 Å². The van der Waals surface area contributed by atoms with Gasteiger partial charge < -0.3 is 15.4 Å². The van der Waals surface area contributed by atoms with Crippen LogP contribution in [0.15, 0.2) is 18.2 Å². The third-order valence-electron chi connectivity index (χ3n) is 3.66. The van der Waals surface area contributed by atoms with Crippen molar-refractivity contribution in [3.63, 3.8) is 0 Å². The number of methoxy groups -OCH3 is 1. The highest BCUT2D eigenvalue weighted by molar-refractivity contribution is 5.75. The molecule has 20 heavy (non-hydrogen) atoms. The molecule has 0 spiro atoms. The van der Waals surface area contributed by atoms with Crippen molar-refractivity contribution in [3.05, 3.63) is 29.3 Å². The van der Waals surface area contributed by atoms with Crippen LogP contribution in [0.4, 0.5) is 5.69 Å². The number of hydrogen-bond donors (Lipinski definition) is 2. The molecule has 110 valence electrons. The molecule has 0 saturated carbocycles. The van der Waals surface area contributed by atoms with Crippen molar-refractivity contribution in [3.8, 4) is 0 Å². The van der Waals surface area contributed by atoms with Gasteiger partial charge in [-0.05, 0) is 29.9 Å². The Morgan fingerprint density at radius 1 is 1.45 bits per heavy atom. The van der Waals surface area contributed by atoms with E-state index in [1.54, 1.807) is 0 Å². The summed E-state index contributed by atoms with van der Waals surface area (Å²) in [7, 11) is 1.44. The van der Waals surface area contributed by atoms with E-state index < -0.39 is 0 Å². The summed E-state index contributed by atoms with van der Waals surface area (Å²) in [5.41, 5.74) is 3.81. The smallest absolute Gasteiger partial charge is 0.322 e. The van der Waals surface area contributed by atoms with Gasteiger partial charge in [0, 0.05) is 18.8 Å². The lowest BCUT2D eigenvalue weighted by molar-refractivity contribution is -0.143. The van der Waals surface area contributed by atoms with Crippen molar-refractivity contribution in [2.45, 2.75) is 39.3 Å². The number of nitrogens with one attached hydrogen (secondary N) is 2. The summed E-state index contributed by atoms with van der Waals surface area (Å²) in [5, 5.41) is 6.75. The zero-order valence-electron chi connectivity index (χ0n) is 12.5. The number of hydrogen-bond acceptors (Lipinski definition) is 4. The van der Waals surface area contributed by atoms with Crippen LogP contribution in [0, 0.1) is 5.92 Å². The van der Waals surface area contributed by atoms with Crippen LogP contribution in [0.25, 0.3) is 0 Å². The Morgan fingerprint density at radius 2 is 2.25 bits per heavy atom. The summed E-state index contributed by atoms with van der Waals surface area (Å²) >= 11 is 0. The van der Waals surface area contributed by atoms with Gasteiger partial charge in [-0.3, -0.25) is 4.79 Å². The van der Waals surface area contributed by atoms with Crippen LogP contribution in [0.1, 0.15) is 31.4 Å². The van der Waals surface area contributed by atoms with Crippen molar-refractivity contribution < 1.29 is 9.53 Å². The quantitative estimate of drug-likeness (QED) is 0.783. The Bertz CT molecular complexity index is 472. The number of benzene rings is 1. The molecule has 0 amide bonds. The molecule has 4 heteroatoms. The molecular formula is C16H24N2O2. The van der Waals surface area contributed by atoms with Gasteiger partial charge in [0.1, 0.15) is 6.04 Å². The van der Waals surface area contributed by atoms with Crippen LogP contribution in [-0.4, -0.2) is 25.7 Å². The molecule has 1 heterocycles. The predicted octanol–water partition coefficient (Wildman–Crippen LogP) is 2.33. The first kappa shape index (κ1) is 14.9. The SMILES string of the molecule is COC(=O)C(CC(C)C)NCc1cccc2c1NCC2. The Hall–Kier alpha value is -1.55. The number of carbonyl (C=O) groups excluding carboxylic acids is 1. The number of esters is 1. The maximum atomic E-state index is 11.8. The summed E-state index contributed by atoms with van der Waals surface area (Å²) in [6.45, 7) is 5.90. The van der Waals surface area contributed by atoms with E-state index in [4.69, 9.17) is 4.74 Å². The Labute approximate surface area is 120 Å². The molecule has 1 aliphatic rings. The van der Waals surface area contributed by atoms with Gasteiger partial charge in [0.15, 0.2) is 0 Å². The second kappa shape index (κ2) is 6.75. The fourth-order valence-corrected chi connectivity index (χ4v) is 2.67. The summed E-state index contributed by atoms with van der Waals surface area (Å²) < 4.78 is 4.88. The molecule has 1 aromatic rings. The number of para-hydroxylation sites is 1. The molecule has 0 bridgehead atoms. The number of ether oxygens (including phenoxy) is 1.